The van der Waals surface area contributed by atoms with E-state index in [9.17, 15) is 4.79 Å². The Bertz CT molecular complexity index is 587. The van der Waals surface area contributed by atoms with E-state index in [1.165, 1.54) is 9.75 Å². The molecule has 2 N–H and O–H groups in total. The molecule has 0 amide bonds. The predicted molar refractivity (Wildman–Crippen MR) is 85.6 cm³/mol. The van der Waals surface area contributed by atoms with Gasteiger partial charge in [0.2, 0.25) is 0 Å². The zero-order valence-electron chi connectivity index (χ0n) is 11.6. The van der Waals surface area contributed by atoms with Crippen LogP contribution in [0.5, 0.6) is 0 Å². The van der Waals surface area contributed by atoms with Gasteiger partial charge in [0.05, 0.1) is 10.8 Å². The molecule has 6 heteroatoms. The molecule has 3 rings (SSSR count). The predicted octanol–water partition coefficient (Wildman–Crippen LogP) is 3.60. The highest BCUT2D eigenvalue weighted by molar-refractivity contribution is 7.20. The van der Waals surface area contributed by atoms with Crippen molar-refractivity contribution in [2.45, 2.75) is 38.3 Å². The van der Waals surface area contributed by atoms with E-state index < -0.39 is 5.97 Å². The van der Waals surface area contributed by atoms with Crippen molar-refractivity contribution in [3.63, 3.8) is 0 Å². The summed E-state index contributed by atoms with van der Waals surface area (Å²) < 4.78 is 0. The number of hydrogen-bond donors (Lipinski definition) is 2. The molecule has 0 unspecified atom stereocenters. The highest BCUT2D eigenvalue weighted by Crippen LogP contribution is 2.29. The summed E-state index contributed by atoms with van der Waals surface area (Å²) in [4.78, 5) is 17.8. The second kappa shape index (κ2) is 6.68. The molecule has 0 spiro atoms. The van der Waals surface area contributed by atoms with E-state index in [2.05, 4.69) is 21.7 Å². The number of rotatable bonds is 5. The Balaban J connectivity index is 1.49. The first kappa shape index (κ1) is 14.7. The molecule has 0 radical (unpaired) electrons. The molecule has 0 atom stereocenters. The smallest absolute Gasteiger partial charge is 0.306 e. The number of carbonyl (C=O) groups is 1. The maximum absolute atomic E-state index is 10.9. The minimum Gasteiger partial charge on any atom is -0.481 e. The highest BCUT2D eigenvalue weighted by atomic mass is 32.1. The van der Waals surface area contributed by atoms with E-state index in [1.54, 1.807) is 22.7 Å². The van der Waals surface area contributed by atoms with Gasteiger partial charge in [-0.2, -0.15) is 0 Å². The molecule has 2 heterocycles. The van der Waals surface area contributed by atoms with Crippen LogP contribution in [0.4, 0.5) is 0 Å². The standard InChI is InChI=1S/C15H18N2O2S2/c18-15(19)10-3-5-11(6-4-10)16-8-12-9-17-14(21-12)13-2-1-7-20-13/h1-2,7,9-11,16H,3-6,8H2,(H,18,19). The molecular weight excluding hydrogens is 304 g/mol. The minimum atomic E-state index is -0.642. The average molecular weight is 322 g/mol. The van der Waals surface area contributed by atoms with Crippen molar-refractivity contribution in [1.82, 2.24) is 10.3 Å². The summed E-state index contributed by atoms with van der Waals surface area (Å²) >= 11 is 3.44. The molecule has 0 aromatic carbocycles. The Morgan fingerprint density at radius 3 is 2.86 bits per heavy atom. The van der Waals surface area contributed by atoms with Gasteiger partial charge in [-0.3, -0.25) is 4.79 Å². The summed E-state index contributed by atoms with van der Waals surface area (Å²) in [5, 5.41) is 15.7. The van der Waals surface area contributed by atoms with E-state index in [-0.39, 0.29) is 5.92 Å². The Morgan fingerprint density at radius 2 is 2.19 bits per heavy atom. The van der Waals surface area contributed by atoms with Crippen LogP contribution in [0, 0.1) is 5.92 Å². The van der Waals surface area contributed by atoms with Gasteiger partial charge in [-0.25, -0.2) is 4.98 Å². The van der Waals surface area contributed by atoms with Crippen molar-refractivity contribution in [1.29, 1.82) is 0 Å². The minimum absolute atomic E-state index is 0.142. The Hall–Kier alpha value is -1.24. The first-order chi connectivity index (χ1) is 10.2. The molecular formula is C15H18N2O2S2. The maximum atomic E-state index is 10.9. The molecule has 0 bridgehead atoms. The van der Waals surface area contributed by atoms with Gasteiger partial charge in [-0.1, -0.05) is 6.07 Å². The lowest BCUT2D eigenvalue weighted by molar-refractivity contribution is -0.142. The first-order valence-corrected chi connectivity index (χ1v) is 8.87. The van der Waals surface area contributed by atoms with Crippen molar-refractivity contribution in [2.75, 3.05) is 0 Å². The first-order valence-electron chi connectivity index (χ1n) is 7.17. The molecule has 1 aliphatic carbocycles. The molecule has 1 saturated carbocycles. The van der Waals surface area contributed by atoms with Crippen LogP contribution in [-0.2, 0) is 11.3 Å². The SMILES string of the molecule is O=C(O)C1CCC(NCc2cnc(-c3cccs3)s2)CC1. The normalized spacial score (nSPS) is 22.3. The summed E-state index contributed by atoms with van der Waals surface area (Å²) in [5.74, 6) is -0.784. The van der Waals surface area contributed by atoms with Crippen molar-refractivity contribution in [3.05, 3.63) is 28.6 Å². The lowest BCUT2D eigenvalue weighted by atomic mass is 9.86. The Morgan fingerprint density at radius 1 is 1.38 bits per heavy atom. The average Bonchev–Trinajstić information content (AvgIpc) is 3.16. The summed E-state index contributed by atoms with van der Waals surface area (Å²) in [6.07, 6.45) is 5.42. The van der Waals surface area contributed by atoms with Crippen LogP contribution in [0.2, 0.25) is 0 Å². The number of carboxylic acids is 1. The number of hydrogen-bond acceptors (Lipinski definition) is 5. The Kier molecular flexibility index (Phi) is 4.67. The number of carboxylic acid groups (broad SMARTS) is 1. The van der Waals surface area contributed by atoms with Crippen molar-refractivity contribution < 1.29 is 9.90 Å². The lowest BCUT2D eigenvalue weighted by Crippen LogP contribution is -2.34. The van der Waals surface area contributed by atoms with Crippen LogP contribution in [0.1, 0.15) is 30.6 Å². The molecule has 1 aliphatic rings. The van der Waals surface area contributed by atoms with Crippen molar-refractivity contribution in [3.8, 4) is 9.88 Å². The Labute approximate surface area is 131 Å². The zero-order valence-corrected chi connectivity index (χ0v) is 13.3. The van der Waals surface area contributed by atoms with E-state index in [4.69, 9.17) is 5.11 Å². The lowest BCUT2D eigenvalue weighted by Gasteiger charge is -2.26. The van der Waals surface area contributed by atoms with E-state index >= 15 is 0 Å². The van der Waals surface area contributed by atoms with Gasteiger partial charge in [0.25, 0.3) is 0 Å². The zero-order chi connectivity index (χ0) is 14.7. The van der Waals surface area contributed by atoms with Gasteiger partial charge in [0.15, 0.2) is 0 Å². The fraction of sp³-hybridized carbons (Fsp3) is 0.467. The number of thiophene rings is 1. The fourth-order valence-corrected chi connectivity index (χ4v) is 4.36. The third-order valence-electron chi connectivity index (χ3n) is 3.93. The van der Waals surface area contributed by atoms with Crippen LogP contribution in [0.15, 0.2) is 23.7 Å². The highest BCUT2D eigenvalue weighted by Gasteiger charge is 2.25. The third kappa shape index (κ3) is 3.70. The van der Waals surface area contributed by atoms with Crippen LogP contribution < -0.4 is 5.32 Å². The summed E-state index contributed by atoms with van der Waals surface area (Å²) in [7, 11) is 0. The number of thiazole rings is 1. The number of aromatic nitrogens is 1. The van der Waals surface area contributed by atoms with Gasteiger partial charge in [-0.05, 0) is 37.1 Å². The molecule has 0 saturated heterocycles. The van der Waals surface area contributed by atoms with Gasteiger partial charge < -0.3 is 10.4 Å². The second-order valence-corrected chi connectivity index (χ2v) is 7.44. The van der Waals surface area contributed by atoms with Gasteiger partial charge in [0.1, 0.15) is 5.01 Å². The molecule has 21 heavy (non-hydrogen) atoms. The third-order valence-corrected chi connectivity index (χ3v) is 5.96. The molecule has 2 aromatic heterocycles. The van der Waals surface area contributed by atoms with Crippen LogP contribution in [-0.4, -0.2) is 22.1 Å². The largest absolute Gasteiger partial charge is 0.481 e. The number of aliphatic carboxylic acids is 1. The molecule has 2 aromatic rings. The topological polar surface area (TPSA) is 62.2 Å². The fourth-order valence-electron chi connectivity index (χ4n) is 2.69. The van der Waals surface area contributed by atoms with E-state index in [0.29, 0.717) is 6.04 Å². The monoisotopic (exact) mass is 322 g/mol. The van der Waals surface area contributed by atoms with Gasteiger partial charge in [0, 0.05) is 23.7 Å². The quantitative estimate of drug-likeness (QED) is 0.883. The molecule has 112 valence electrons. The maximum Gasteiger partial charge on any atom is 0.306 e. The van der Waals surface area contributed by atoms with Crippen molar-refractivity contribution in [2.24, 2.45) is 5.92 Å². The van der Waals surface area contributed by atoms with E-state index in [1.807, 2.05) is 12.3 Å². The van der Waals surface area contributed by atoms with Gasteiger partial charge >= 0.3 is 5.97 Å². The van der Waals surface area contributed by atoms with Crippen molar-refractivity contribution >= 4 is 28.6 Å². The summed E-state index contributed by atoms with van der Waals surface area (Å²) in [6, 6.07) is 4.57. The van der Waals surface area contributed by atoms with Crippen LogP contribution in [0.3, 0.4) is 0 Å². The number of nitrogens with zero attached hydrogens (tertiary/aromatic N) is 1. The second-order valence-electron chi connectivity index (χ2n) is 5.38. The van der Waals surface area contributed by atoms with Crippen LogP contribution in [0.25, 0.3) is 9.88 Å². The molecule has 0 aliphatic heterocycles. The summed E-state index contributed by atoms with van der Waals surface area (Å²) in [5.41, 5.74) is 0. The summed E-state index contributed by atoms with van der Waals surface area (Å²) in [6.45, 7) is 0.825. The number of nitrogens with one attached hydrogen (secondary N) is 1. The van der Waals surface area contributed by atoms with E-state index in [0.717, 1.165) is 37.2 Å². The van der Waals surface area contributed by atoms with Crippen LogP contribution >= 0.6 is 22.7 Å². The molecule has 4 nitrogen and oxygen atoms in total. The molecule has 1 fully saturated rings. The van der Waals surface area contributed by atoms with Gasteiger partial charge in [-0.15, -0.1) is 22.7 Å².